The number of ether oxygens (including phenoxy) is 1. The van der Waals surface area contributed by atoms with Crippen LogP contribution in [0.3, 0.4) is 0 Å². The zero-order chi connectivity index (χ0) is 26.4. The minimum Gasteiger partial charge on any atom is -0.486 e. The molecule has 0 radical (unpaired) electrons. The van der Waals surface area contributed by atoms with Crippen LogP contribution in [0.15, 0.2) is 36.5 Å². The van der Waals surface area contributed by atoms with Gasteiger partial charge in [0.2, 0.25) is 5.95 Å². The van der Waals surface area contributed by atoms with Gasteiger partial charge < -0.3 is 25.2 Å². The predicted octanol–water partition coefficient (Wildman–Crippen LogP) is 4.59. The highest BCUT2D eigenvalue weighted by atomic mass is 19.1. The highest BCUT2D eigenvalue weighted by Gasteiger charge is 2.44. The summed E-state index contributed by atoms with van der Waals surface area (Å²) in [4.78, 5) is 12.8. The highest BCUT2D eigenvalue weighted by Crippen LogP contribution is 2.47. The van der Waals surface area contributed by atoms with Crippen molar-refractivity contribution in [3.63, 3.8) is 0 Å². The molecule has 1 aromatic heterocycles. The van der Waals surface area contributed by atoms with Gasteiger partial charge in [0.25, 0.3) is 0 Å². The fourth-order valence-corrected chi connectivity index (χ4v) is 5.81. The molecule has 1 unspecified atom stereocenters. The van der Waals surface area contributed by atoms with Crippen LogP contribution in [0, 0.1) is 23.0 Å². The topological polar surface area (TPSA) is 89.3 Å². The van der Waals surface area contributed by atoms with E-state index in [1.807, 2.05) is 12.1 Å². The molecule has 1 atom stereocenters. The largest absolute Gasteiger partial charge is 0.486 e. The van der Waals surface area contributed by atoms with Gasteiger partial charge in [-0.05, 0) is 57.0 Å². The number of fused-ring (bicyclic) bond motifs is 3. The molecule has 2 saturated heterocycles. The summed E-state index contributed by atoms with van der Waals surface area (Å²) in [7, 11) is 0. The number of benzene rings is 2. The van der Waals surface area contributed by atoms with Crippen molar-refractivity contribution >= 4 is 23.0 Å². The second kappa shape index (κ2) is 9.40. The van der Waals surface area contributed by atoms with Crippen LogP contribution in [0.25, 0.3) is 11.3 Å². The summed E-state index contributed by atoms with van der Waals surface area (Å²) in [5, 5.41) is 16.1. The van der Waals surface area contributed by atoms with Crippen molar-refractivity contribution in [1.29, 1.82) is 5.26 Å². The molecule has 3 aromatic rings. The average Bonchev–Trinajstić information content (AvgIpc) is 3.24. The Labute approximate surface area is 220 Å². The summed E-state index contributed by atoms with van der Waals surface area (Å²) in [6.07, 6.45) is 2.98. The molecule has 38 heavy (non-hydrogen) atoms. The van der Waals surface area contributed by atoms with Crippen LogP contribution >= 0.6 is 0 Å². The Balaban J connectivity index is 1.32. The molecule has 6 rings (SSSR count). The Kier molecular flexibility index (Phi) is 6.03. The van der Waals surface area contributed by atoms with Crippen molar-refractivity contribution < 1.29 is 13.5 Å². The maximum atomic E-state index is 15.2. The molecule has 8 nitrogen and oxygen atoms in total. The Hall–Kier alpha value is -3.97. The molecule has 4 heterocycles. The maximum Gasteiger partial charge on any atom is 0.227 e. The quantitative estimate of drug-likeness (QED) is 0.520. The van der Waals surface area contributed by atoms with E-state index in [2.05, 4.69) is 50.3 Å². The molecule has 10 heteroatoms. The number of nitrogens with zero attached hydrogens (tertiary/aromatic N) is 5. The minimum absolute atomic E-state index is 0.0127. The normalized spacial score (nSPS) is 19.8. The van der Waals surface area contributed by atoms with Crippen LogP contribution < -0.4 is 25.2 Å². The number of hydrogen-bond donors (Lipinski definition) is 2. The minimum atomic E-state index is -0.657. The summed E-state index contributed by atoms with van der Waals surface area (Å²) in [6.45, 7) is 8.06. The number of anilines is 4. The average molecular weight is 518 g/mol. The Morgan fingerprint density at radius 2 is 1.95 bits per heavy atom. The van der Waals surface area contributed by atoms with Gasteiger partial charge in [0.15, 0.2) is 17.4 Å². The molecule has 2 aromatic carbocycles. The fourth-order valence-electron chi connectivity index (χ4n) is 5.81. The van der Waals surface area contributed by atoms with Crippen molar-refractivity contribution in [2.24, 2.45) is 0 Å². The van der Waals surface area contributed by atoms with Gasteiger partial charge in [-0.15, -0.1) is 0 Å². The van der Waals surface area contributed by atoms with Crippen LogP contribution in [0.2, 0.25) is 0 Å². The van der Waals surface area contributed by atoms with E-state index >= 15 is 4.39 Å². The van der Waals surface area contributed by atoms with Crippen LogP contribution in [0.4, 0.5) is 31.8 Å². The molecule has 2 N–H and O–H groups in total. The van der Waals surface area contributed by atoms with E-state index in [4.69, 9.17) is 4.74 Å². The van der Waals surface area contributed by atoms with Crippen molar-refractivity contribution in [3.8, 4) is 23.1 Å². The van der Waals surface area contributed by atoms with Gasteiger partial charge in [0, 0.05) is 43.0 Å². The molecule has 0 aliphatic carbocycles. The van der Waals surface area contributed by atoms with Crippen LogP contribution in [0.5, 0.6) is 5.75 Å². The molecule has 196 valence electrons. The van der Waals surface area contributed by atoms with Crippen molar-refractivity contribution in [3.05, 3.63) is 53.7 Å². The van der Waals surface area contributed by atoms with Crippen LogP contribution in [-0.4, -0.2) is 54.3 Å². The molecule has 3 aliphatic heterocycles. The number of hydrogen-bond acceptors (Lipinski definition) is 8. The standard InChI is InChI=1S/C28H29F2N7O/c1-28(2)6-5-20-16-38-26-21(29)12-17(13-24(26)37(20)28)25-22(30)15-33-27(35-25)34-19-3-4-23(18(11-19)14-31)36-9-7-32-8-10-36/h3-4,11-13,15,20,32H,5-10,16H2,1-2H3,(H,33,34,35). The second-order valence-corrected chi connectivity index (χ2v) is 10.6. The van der Waals surface area contributed by atoms with E-state index in [0.717, 1.165) is 50.9 Å². The number of nitrogens with one attached hydrogen (secondary N) is 2. The molecule has 0 bridgehead atoms. The third kappa shape index (κ3) is 4.27. The number of halogens is 2. The van der Waals surface area contributed by atoms with Gasteiger partial charge in [-0.25, -0.2) is 18.7 Å². The third-order valence-electron chi connectivity index (χ3n) is 7.66. The monoisotopic (exact) mass is 517 g/mol. The van der Waals surface area contributed by atoms with Crippen molar-refractivity contribution in [2.45, 2.75) is 38.3 Å². The predicted molar refractivity (Wildman–Crippen MR) is 142 cm³/mol. The lowest BCUT2D eigenvalue weighted by atomic mass is 10.0. The third-order valence-corrected chi connectivity index (χ3v) is 7.66. The molecule has 3 aliphatic rings. The smallest absolute Gasteiger partial charge is 0.227 e. The van der Waals surface area contributed by atoms with Crippen molar-refractivity contribution in [1.82, 2.24) is 15.3 Å². The Morgan fingerprint density at radius 1 is 1.13 bits per heavy atom. The van der Waals surface area contributed by atoms with Gasteiger partial charge in [0.05, 0.1) is 29.2 Å². The zero-order valence-electron chi connectivity index (χ0n) is 21.4. The molecular formula is C28H29F2N7O. The molecule has 2 fully saturated rings. The molecule has 0 amide bonds. The summed E-state index contributed by atoms with van der Waals surface area (Å²) in [6, 6.07) is 10.9. The SMILES string of the molecule is CC1(C)CCC2COc3c(F)cc(-c4nc(Nc5ccc(N6CCNCC6)c(C#N)c5)ncc4F)cc3N21. The highest BCUT2D eigenvalue weighted by molar-refractivity contribution is 5.74. The number of rotatable bonds is 4. The number of aromatic nitrogens is 2. The maximum absolute atomic E-state index is 15.2. The first-order valence-electron chi connectivity index (χ1n) is 12.9. The number of nitriles is 1. The van der Waals surface area contributed by atoms with Gasteiger partial charge in [-0.3, -0.25) is 0 Å². The fraction of sp³-hybridized carbons (Fsp3) is 0.393. The summed E-state index contributed by atoms with van der Waals surface area (Å²) >= 11 is 0. The lowest BCUT2D eigenvalue weighted by Crippen LogP contribution is -2.48. The van der Waals surface area contributed by atoms with E-state index in [1.54, 1.807) is 12.1 Å². The first-order valence-corrected chi connectivity index (χ1v) is 12.9. The second-order valence-electron chi connectivity index (χ2n) is 10.6. The Morgan fingerprint density at radius 3 is 2.74 bits per heavy atom. The van der Waals surface area contributed by atoms with Crippen molar-refractivity contribution in [2.75, 3.05) is 47.9 Å². The van der Waals surface area contributed by atoms with Gasteiger partial charge >= 0.3 is 0 Å². The van der Waals surface area contributed by atoms with E-state index in [-0.39, 0.29) is 29.0 Å². The van der Waals surface area contributed by atoms with Crippen LogP contribution in [0.1, 0.15) is 32.3 Å². The van der Waals surface area contributed by atoms with Gasteiger partial charge in [-0.1, -0.05) is 0 Å². The molecule has 0 spiro atoms. The van der Waals surface area contributed by atoms with Crippen LogP contribution in [-0.2, 0) is 0 Å². The Bertz CT molecular complexity index is 1430. The van der Waals surface area contributed by atoms with Gasteiger partial charge in [-0.2, -0.15) is 5.26 Å². The van der Waals surface area contributed by atoms with E-state index in [0.29, 0.717) is 29.1 Å². The zero-order valence-corrected chi connectivity index (χ0v) is 21.4. The van der Waals surface area contributed by atoms with E-state index in [1.165, 1.54) is 6.07 Å². The lowest BCUT2D eigenvalue weighted by Gasteiger charge is -2.42. The molecular weight excluding hydrogens is 488 g/mol. The molecule has 0 saturated carbocycles. The van der Waals surface area contributed by atoms with E-state index < -0.39 is 11.6 Å². The summed E-state index contributed by atoms with van der Waals surface area (Å²) in [5.74, 6) is -0.862. The first-order chi connectivity index (χ1) is 18.3. The first kappa shape index (κ1) is 24.4. The van der Waals surface area contributed by atoms with E-state index in [9.17, 15) is 9.65 Å². The summed E-state index contributed by atoms with van der Waals surface area (Å²) in [5.41, 5.74) is 2.75. The van der Waals surface area contributed by atoms with Gasteiger partial charge in [0.1, 0.15) is 18.4 Å². The lowest BCUT2D eigenvalue weighted by molar-refractivity contribution is 0.252. The summed E-state index contributed by atoms with van der Waals surface area (Å²) < 4.78 is 36.0. The number of piperazine rings is 1.